The van der Waals surface area contributed by atoms with Gasteiger partial charge in [0.1, 0.15) is 0 Å². The Bertz CT molecular complexity index is 451. The minimum absolute atomic E-state index is 0.144. The summed E-state index contributed by atoms with van der Waals surface area (Å²) in [6.07, 6.45) is 6.72. The molecule has 20 heavy (non-hydrogen) atoms. The molecule has 112 valence electrons. The van der Waals surface area contributed by atoms with Crippen molar-refractivity contribution in [3.05, 3.63) is 10.6 Å². The summed E-state index contributed by atoms with van der Waals surface area (Å²) in [5, 5.41) is 4.91. The van der Waals surface area contributed by atoms with E-state index in [1.165, 1.54) is 60.9 Å². The zero-order valence-corrected chi connectivity index (χ0v) is 13.9. The maximum Gasteiger partial charge on any atom is 0.185 e. The van der Waals surface area contributed by atoms with Gasteiger partial charge in [0.15, 0.2) is 5.13 Å². The molecule has 1 aliphatic heterocycles. The average Bonchev–Trinajstić information content (AvgIpc) is 3.14. The van der Waals surface area contributed by atoms with Gasteiger partial charge >= 0.3 is 0 Å². The first-order valence-corrected chi connectivity index (χ1v) is 8.84. The van der Waals surface area contributed by atoms with Gasteiger partial charge in [-0.05, 0) is 32.1 Å². The van der Waals surface area contributed by atoms with Gasteiger partial charge < -0.3 is 10.2 Å². The molecule has 1 aliphatic carbocycles. The van der Waals surface area contributed by atoms with Crippen LogP contribution in [0, 0.1) is 0 Å². The average molecular weight is 293 g/mol. The molecular weight excluding hydrogens is 266 g/mol. The Morgan fingerprint density at radius 3 is 2.50 bits per heavy atom. The van der Waals surface area contributed by atoms with Crippen LogP contribution in [0.2, 0.25) is 0 Å². The molecule has 2 fully saturated rings. The highest BCUT2D eigenvalue weighted by Crippen LogP contribution is 2.35. The fourth-order valence-electron chi connectivity index (χ4n) is 2.79. The van der Waals surface area contributed by atoms with E-state index in [1.807, 2.05) is 11.3 Å². The second-order valence-electron chi connectivity index (χ2n) is 7.22. The molecule has 1 aromatic rings. The lowest BCUT2D eigenvalue weighted by Gasteiger charge is -2.26. The van der Waals surface area contributed by atoms with Crippen LogP contribution in [0.1, 0.15) is 63.4 Å². The molecule has 2 heterocycles. The van der Waals surface area contributed by atoms with Crippen molar-refractivity contribution in [1.29, 1.82) is 0 Å². The first-order valence-electron chi connectivity index (χ1n) is 8.02. The zero-order valence-electron chi connectivity index (χ0n) is 13.0. The molecule has 0 bridgehead atoms. The van der Waals surface area contributed by atoms with Crippen LogP contribution >= 0.6 is 11.3 Å². The molecule has 2 aliphatic rings. The molecule has 1 N–H and O–H groups in total. The summed E-state index contributed by atoms with van der Waals surface area (Å²) in [4.78, 5) is 8.95. The van der Waals surface area contributed by atoms with Gasteiger partial charge in [-0.1, -0.05) is 20.8 Å². The van der Waals surface area contributed by atoms with Crippen molar-refractivity contribution >= 4 is 16.5 Å². The Kier molecular flexibility index (Phi) is 4.04. The topological polar surface area (TPSA) is 28.2 Å². The number of rotatable bonds is 4. The fourth-order valence-corrected chi connectivity index (χ4v) is 4.06. The Balaban J connectivity index is 1.79. The molecule has 1 saturated heterocycles. The van der Waals surface area contributed by atoms with Gasteiger partial charge in [-0.3, -0.25) is 0 Å². The highest BCUT2D eigenvalue weighted by Gasteiger charge is 2.27. The summed E-state index contributed by atoms with van der Waals surface area (Å²) in [6, 6.07) is 0.767. The Morgan fingerprint density at radius 1 is 1.20 bits per heavy atom. The molecule has 1 saturated carbocycles. The molecule has 0 amide bonds. The smallest absolute Gasteiger partial charge is 0.185 e. The highest BCUT2D eigenvalue weighted by molar-refractivity contribution is 7.15. The van der Waals surface area contributed by atoms with E-state index in [-0.39, 0.29) is 5.41 Å². The number of nitrogens with one attached hydrogen (secondary N) is 1. The van der Waals surface area contributed by atoms with Crippen LogP contribution in [0.4, 0.5) is 5.13 Å². The lowest BCUT2D eigenvalue weighted by Crippen LogP contribution is -2.29. The Morgan fingerprint density at radius 2 is 1.90 bits per heavy atom. The van der Waals surface area contributed by atoms with Crippen LogP contribution in [-0.4, -0.2) is 24.1 Å². The second-order valence-corrected chi connectivity index (χ2v) is 8.28. The maximum absolute atomic E-state index is 5.01. The molecule has 0 unspecified atom stereocenters. The molecule has 4 heteroatoms. The van der Waals surface area contributed by atoms with Gasteiger partial charge in [-0.2, -0.15) is 0 Å². The van der Waals surface area contributed by atoms with E-state index in [2.05, 4.69) is 31.0 Å². The van der Waals surface area contributed by atoms with Crippen molar-refractivity contribution in [3.63, 3.8) is 0 Å². The number of thiazole rings is 1. The SMILES string of the molecule is CC(C)(C)c1nc(N2CCCCC2)sc1CNC1CC1. The van der Waals surface area contributed by atoms with Gasteiger partial charge in [0, 0.05) is 36.0 Å². The van der Waals surface area contributed by atoms with Crippen LogP contribution in [0.25, 0.3) is 0 Å². The largest absolute Gasteiger partial charge is 0.348 e. The third-order valence-electron chi connectivity index (χ3n) is 4.15. The predicted molar refractivity (Wildman–Crippen MR) is 86.7 cm³/mol. The monoisotopic (exact) mass is 293 g/mol. The molecule has 0 spiro atoms. The van der Waals surface area contributed by atoms with E-state index in [0.717, 1.165) is 12.6 Å². The van der Waals surface area contributed by atoms with Crippen LogP contribution in [0.15, 0.2) is 0 Å². The number of hydrogen-bond donors (Lipinski definition) is 1. The quantitative estimate of drug-likeness (QED) is 0.918. The molecule has 0 atom stereocenters. The number of aromatic nitrogens is 1. The Hall–Kier alpha value is -0.610. The van der Waals surface area contributed by atoms with Crippen molar-refractivity contribution < 1.29 is 0 Å². The third-order valence-corrected chi connectivity index (χ3v) is 5.27. The minimum atomic E-state index is 0.144. The number of hydrogen-bond acceptors (Lipinski definition) is 4. The predicted octanol–water partition coefficient (Wildman–Crippen LogP) is 3.68. The van der Waals surface area contributed by atoms with Crippen molar-refractivity contribution in [2.24, 2.45) is 0 Å². The molecule has 1 aromatic heterocycles. The van der Waals surface area contributed by atoms with E-state index in [9.17, 15) is 0 Å². The number of nitrogens with zero attached hydrogens (tertiary/aromatic N) is 2. The molecule has 0 radical (unpaired) electrons. The molecule has 3 rings (SSSR count). The maximum atomic E-state index is 5.01. The zero-order chi connectivity index (χ0) is 14.2. The first kappa shape index (κ1) is 14.3. The van der Waals surface area contributed by atoms with E-state index in [4.69, 9.17) is 4.98 Å². The second kappa shape index (κ2) is 5.64. The Labute approximate surface area is 126 Å². The molecular formula is C16H27N3S. The van der Waals surface area contributed by atoms with Crippen LogP contribution in [0.3, 0.4) is 0 Å². The summed E-state index contributed by atoms with van der Waals surface area (Å²) >= 11 is 1.91. The van der Waals surface area contributed by atoms with Crippen molar-refractivity contribution in [3.8, 4) is 0 Å². The number of piperidine rings is 1. The summed E-state index contributed by atoms with van der Waals surface area (Å²) in [5.74, 6) is 0. The first-order chi connectivity index (χ1) is 9.54. The van der Waals surface area contributed by atoms with Gasteiger partial charge in [0.2, 0.25) is 0 Å². The van der Waals surface area contributed by atoms with Gasteiger partial charge in [-0.25, -0.2) is 4.98 Å². The van der Waals surface area contributed by atoms with Crippen molar-refractivity contribution in [2.75, 3.05) is 18.0 Å². The normalized spacial score (nSPS) is 20.4. The van der Waals surface area contributed by atoms with E-state index in [0.29, 0.717) is 0 Å². The lowest BCUT2D eigenvalue weighted by atomic mass is 9.91. The summed E-state index contributed by atoms with van der Waals surface area (Å²) < 4.78 is 0. The van der Waals surface area contributed by atoms with E-state index >= 15 is 0 Å². The lowest BCUT2D eigenvalue weighted by molar-refractivity contribution is 0.551. The van der Waals surface area contributed by atoms with Crippen LogP contribution in [-0.2, 0) is 12.0 Å². The van der Waals surface area contributed by atoms with Gasteiger partial charge in [0.05, 0.1) is 5.69 Å². The third kappa shape index (κ3) is 3.34. The van der Waals surface area contributed by atoms with Crippen molar-refractivity contribution in [1.82, 2.24) is 10.3 Å². The van der Waals surface area contributed by atoms with Gasteiger partial charge in [-0.15, -0.1) is 11.3 Å². The van der Waals surface area contributed by atoms with Crippen molar-refractivity contribution in [2.45, 2.75) is 70.9 Å². The standard InChI is InChI=1S/C16H27N3S/c1-16(2,3)14-13(11-17-12-7-8-12)20-15(18-14)19-9-5-4-6-10-19/h12,17H,4-11H2,1-3H3. The molecule has 3 nitrogen and oxygen atoms in total. The van der Waals surface area contributed by atoms with E-state index < -0.39 is 0 Å². The summed E-state index contributed by atoms with van der Waals surface area (Å²) in [7, 11) is 0. The van der Waals surface area contributed by atoms with Gasteiger partial charge in [0.25, 0.3) is 0 Å². The highest BCUT2D eigenvalue weighted by atomic mass is 32.1. The minimum Gasteiger partial charge on any atom is -0.348 e. The van der Waals surface area contributed by atoms with Crippen LogP contribution < -0.4 is 10.2 Å². The fraction of sp³-hybridized carbons (Fsp3) is 0.812. The van der Waals surface area contributed by atoms with Crippen LogP contribution in [0.5, 0.6) is 0 Å². The van der Waals surface area contributed by atoms with E-state index in [1.54, 1.807) is 0 Å². The number of anilines is 1. The summed E-state index contributed by atoms with van der Waals surface area (Å²) in [6.45, 7) is 10.2. The molecule has 0 aromatic carbocycles. The summed E-state index contributed by atoms with van der Waals surface area (Å²) in [5.41, 5.74) is 1.45.